The van der Waals surface area contributed by atoms with Crippen LogP contribution in [0.3, 0.4) is 0 Å². The van der Waals surface area contributed by atoms with Crippen molar-refractivity contribution in [3.05, 3.63) is 23.8 Å². The van der Waals surface area contributed by atoms with Crippen LogP contribution in [0.25, 0.3) is 0 Å². The number of benzene rings is 1. The minimum absolute atomic E-state index is 0.190. The Morgan fingerprint density at radius 1 is 1.45 bits per heavy atom. The van der Waals surface area contributed by atoms with Gasteiger partial charge in [-0.15, -0.1) is 0 Å². The first-order chi connectivity index (χ1) is 9.69. The molecule has 1 aromatic carbocycles. The smallest absolute Gasteiger partial charge is 0.257 e. The SMILES string of the molecule is COc1ccc(OC)c(C(=O)N2CCOC(C#N)C2)c1. The molecule has 6 nitrogen and oxygen atoms in total. The second-order valence-corrected chi connectivity index (χ2v) is 4.31. The third kappa shape index (κ3) is 2.83. The van der Waals surface area contributed by atoms with Gasteiger partial charge in [-0.1, -0.05) is 0 Å². The highest BCUT2D eigenvalue weighted by atomic mass is 16.5. The summed E-state index contributed by atoms with van der Waals surface area (Å²) in [5, 5.41) is 8.89. The van der Waals surface area contributed by atoms with Crippen molar-refractivity contribution in [3.8, 4) is 17.6 Å². The van der Waals surface area contributed by atoms with Crippen molar-refractivity contribution in [2.45, 2.75) is 6.10 Å². The van der Waals surface area contributed by atoms with Gasteiger partial charge in [0.1, 0.15) is 11.5 Å². The Morgan fingerprint density at radius 3 is 2.90 bits per heavy atom. The van der Waals surface area contributed by atoms with Gasteiger partial charge in [0.15, 0.2) is 6.10 Å². The summed E-state index contributed by atoms with van der Waals surface area (Å²) in [6, 6.07) is 7.07. The molecule has 1 unspecified atom stereocenters. The molecular formula is C14H16N2O4. The van der Waals surface area contributed by atoms with E-state index >= 15 is 0 Å². The molecule has 1 saturated heterocycles. The van der Waals surface area contributed by atoms with Gasteiger partial charge in [0, 0.05) is 6.54 Å². The van der Waals surface area contributed by atoms with Crippen molar-refractivity contribution in [2.75, 3.05) is 33.9 Å². The highest BCUT2D eigenvalue weighted by Gasteiger charge is 2.26. The zero-order chi connectivity index (χ0) is 14.5. The maximum absolute atomic E-state index is 12.5. The van der Waals surface area contributed by atoms with Crippen LogP contribution in [0.5, 0.6) is 11.5 Å². The first-order valence-electron chi connectivity index (χ1n) is 6.22. The van der Waals surface area contributed by atoms with Gasteiger partial charge in [-0.2, -0.15) is 5.26 Å². The Bertz CT molecular complexity index is 538. The molecule has 1 atom stereocenters. The van der Waals surface area contributed by atoms with Crippen molar-refractivity contribution in [1.29, 1.82) is 5.26 Å². The Morgan fingerprint density at radius 2 is 2.25 bits per heavy atom. The molecule has 106 valence electrons. The van der Waals surface area contributed by atoms with E-state index in [1.54, 1.807) is 23.1 Å². The molecule has 0 spiro atoms. The number of nitriles is 1. The van der Waals surface area contributed by atoms with Crippen LogP contribution < -0.4 is 9.47 Å². The molecule has 0 radical (unpaired) electrons. The summed E-state index contributed by atoms with van der Waals surface area (Å²) in [6.45, 7) is 1.07. The van der Waals surface area contributed by atoms with Gasteiger partial charge in [-0.05, 0) is 18.2 Å². The first kappa shape index (κ1) is 14.2. The summed E-state index contributed by atoms with van der Waals surface area (Å²) >= 11 is 0. The van der Waals surface area contributed by atoms with E-state index in [2.05, 4.69) is 0 Å². The fourth-order valence-electron chi connectivity index (χ4n) is 2.06. The molecule has 20 heavy (non-hydrogen) atoms. The van der Waals surface area contributed by atoms with Crippen molar-refractivity contribution >= 4 is 5.91 Å². The number of methoxy groups -OCH3 is 2. The standard InChI is InChI=1S/C14H16N2O4/c1-18-10-3-4-13(19-2)12(7-10)14(17)16-5-6-20-11(8-15)9-16/h3-4,7,11H,5-6,9H2,1-2H3. The van der Waals surface area contributed by atoms with E-state index in [0.717, 1.165) is 0 Å². The van der Waals surface area contributed by atoms with Crippen molar-refractivity contribution in [3.63, 3.8) is 0 Å². The van der Waals surface area contributed by atoms with Crippen LogP contribution in [0.15, 0.2) is 18.2 Å². The first-order valence-corrected chi connectivity index (χ1v) is 6.22. The van der Waals surface area contributed by atoms with Crippen LogP contribution in [-0.4, -0.2) is 50.8 Å². The molecule has 1 aliphatic heterocycles. The zero-order valence-corrected chi connectivity index (χ0v) is 11.5. The molecule has 1 fully saturated rings. The normalized spacial score (nSPS) is 18.2. The zero-order valence-electron chi connectivity index (χ0n) is 11.5. The number of hydrogen-bond acceptors (Lipinski definition) is 5. The second-order valence-electron chi connectivity index (χ2n) is 4.31. The second kappa shape index (κ2) is 6.26. The van der Waals surface area contributed by atoms with E-state index in [-0.39, 0.29) is 12.5 Å². The molecule has 1 amide bonds. The highest BCUT2D eigenvalue weighted by Crippen LogP contribution is 2.25. The summed E-state index contributed by atoms with van der Waals surface area (Å²) in [7, 11) is 3.05. The molecule has 6 heteroatoms. The van der Waals surface area contributed by atoms with E-state index in [1.165, 1.54) is 14.2 Å². The average molecular weight is 276 g/mol. The van der Waals surface area contributed by atoms with Crippen LogP contribution in [0.2, 0.25) is 0 Å². The Hall–Kier alpha value is -2.26. The third-order valence-corrected chi connectivity index (χ3v) is 3.13. The van der Waals surface area contributed by atoms with Crippen LogP contribution in [-0.2, 0) is 4.74 Å². The number of carbonyl (C=O) groups is 1. The van der Waals surface area contributed by atoms with Crippen LogP contribution in [0.1, 0.15) is 10.4 Å². The predicted octanol–water partition coefficient (Wildman–Crippen LogP) is 1.07. The summed E-state index contributed by atoms with van der Waals surface area (Å²) in [5.74, 6) is 0.874. The predicted molar refractivity (Wildman–Crippen MR) is 70.8 cm³/mol. The van der Waals surface area contributed by atoms with Crippen LogP contribution >= 0.6 is 0 Å². The molecule has 0 aromatic heterocycles. The molecule has 0 aliphatic carbocycles. The quantitative estimate of drug-likeness (QED) is 0.825. The molecule has 1 heterocycles. The largest absolute Gasteiger partial charge is 0.497 e. The number of nitrogens with zero attached hydrogens (tertiary/aromatic N) is 2. The van der Waals surface area contributed by atoms with Gasteiger partial charge in [-0.25, -0.2) is 0 Å². The number of ether oxygens (including phenoxy) is 3. The van der Waals surface area contributed by atoms with Crippen LogP contribution in [0, 0.1) is 11.3 Å². The van der Waals surface area contributed by atoms with Crippen LogP contribution in [0.4, 0.5) is 0 Å². The maximum atomic E-state index is 12.5. The summed E-state index contributed by atoms with van der Waals surface area (Å²) in [5.41, 5.74) is 0.422. The minimum atomic E-state index is -0.579. The number of hydrogen-bond donors (Lipinski definition) is 0. The molecule has 0 N–H and O–H groups in total. The van der Waals surface area contributed by atoms with Gasteiger partial charge in [0.05, 0.1) is 39.0 Å². The fourth-order valence-corrected chi connectivity index (χ4v) is 2.06. The number of amides is 1. The molecule has 1 aromatic rings. The Kier molecular flexibility index (Phi) is 4.43. The number of carbonyl (C=O) groups excluding carboxylic acids is 1. The van der Waals surface area contributed by atoms with Crippen molar-refractivity contribution in [1.82, 2.24) is 4.90 Å². The Balaban J connectivity index is 2.25. The lowest BCUT2D eigenvalue weighted by Gasteiger charge is -2.30. The highest BCUT2D eigenvalue weighted by molar-refractivity contribution is 5.97. The van der Waals surface area contributed by atoms with E-state index in [4.69, 9.17) is 19.5 Å². The van der Waals surface area contributed by atoms with Crippen molar-refractivity contribution < 1.29 is 19.0 Å². The monoisotopic (exact) mass is 276 g/mol. The lowest BCUT2D eigenvalue weighted by atomic mass is 10.1. The van der Waals surface area contributed by atoms with Gasteiger partial charge in [0.25, 0.3) is 5.91 Å². The molecule has 0 saturated carbocycles. The van der Waals surface area contributed by atoms with E-state index in [1.807, 2.05) is 6.07 Å². The van der Waals surface area contributed by atoms with E-state index in [9.17, 15) is 4.79 Å². The van der Waals surface area contributed by atoms with E-state index < -0.39 is 6.10 Å². The summed E-state index contributed by atoms with van der Waals surface area (Å²) < 4.78 is 15.6. The number of morpholine rings is 1. The third-order valence-electron chi connectivity index (χ3n) is 3.13. The van der Waals surface area contributed by atoms with Gasteiger partial charge in [0.2, 0.25) is 0 Å². The topological polar surface area (TPSA) is 71.8 Å². The maximum Gasteiger partial charge on any atom is 0.257 e. The Labute approximate surface area is 117 Å². The summed E-state index contributed by atoms with van der Waals surface area (Å²) in [4.78, 5) is 14.1. The van der Waals surface area contributed by atoms with Gasteiger partial charge in [-0.3, -0.25) is 4.79 Å². The van der Waals surface area contributed by atoms with Gasteiger partial charge >= 0.3 is 0 Å². The molecular weight excluding hydrogens is 260 g/mol. The lowest BCUT2D eigenvalue weighted by molar-refractivity contribution is 0.00332. The molecule has 2 rings (SSSR count). The number of rotatable bonds is 3. The van der Waals surface area contributed by atoms with E-state index in [0.29, 0.717) is 30.2 Å². The molecule has 0 bridgehead atoms. The summed E-state index contributed by atoms with van der Waals surface area (Å²) in [6.07, 6.45) is -0.579. The fraction of sp³-hybridized carbons (Fsp3) is 0.429. The lowest BCUT2D eigenvalue weighted by Crippen LogP contribution is -2.45. The minimum Gasteiger partial charge on any atom is -0.497 e. The molecule has 1 aliphatic rings. The van der Waals surface area contributed by atoms with Crippen molar-refractivity contribution in [2.24, 2.45) is 0 Å². The van der Waals surface area contributed by atoms with Gasteiger partial charge < -0.3 is 19.1 Å². The average Bonchev–Trinajstić information content (AvgIpc) is 2.53.